The summed E-state index contributed by atoms with van der Waals surface area (Å²) in [4.78, 5) is 6.98. The van der Waals surface area contributed by atoms with Gasteiger partial charge in [-0.25, -0.2) is 0 Å². The zero-order chi connectivity index (χ0) is 18.6. The van der Waals surface area contributed by atoms with Gasteiger partial charge in [0.05, 0.1) is 20.8 Å². The molecule has 0 radical (unpaired) electrons. The van der Waals surface area contributed by atoms with Gasteiger partial charge in [0.25, 0.3) is 5.89 Å². The number of aromatic nitrogens is 2. The number of rotatable bonds is 6. The number of hydrogen-bond donors (Lipinski definition) is 0. The number of likely N-dealkylation sites (tertiary alicyclic amines) is 1. The van der Waals surface area contributed by atoms with Crippen molar-refractivity contribution in [3.8, 4) is 23.0 Å². The van der Waals surface area contributed by atoms with Crippen LogP contribution in [0.3, 0.4) is 0 Å². The maximum absolute atomic E-state index is 5.46. The first-order valence-corrected chi connectivity index (χ1v) is 9.12. The highest BCUT2D eigenvalue weighted by molar-refractivity contribution is 5.54. The highest BCUT2D eigenvalue weighted by Gasteiger charge is 2.27. The zero-order valence-corrected chi connectivity index (χ0v) is 15.6. The molecule has 0 spiro atoms. The van der Waals surface area contributed by atoms with Gasteiger partial charge in [0.2, 0.25) is 0 Å². The van der Waals surface area contributed by atoms with Gasteiger partial charge in [-0.05, 0) is 61.3 Å². The number of benzene rings is 2. The number of ether oxygens (including phenoxy) is 2. The first-order valence-electron chi connectivity index (χ1n) is 9.12. The average molecular weight is 365 g/mol. The minimum atomic E-state index is 0.350. The van der Waals surface area contributed by atoms with Crippen LogP contribution in [0.15, 0.2) is 53.1 Å². The predicted octanol–water partition coefficient (Wildman–Crippen LogP) is 4.09. The minimum Gasteiger partial charge on any atom is -0.497 e. The molecule has 6 heteroatoms. The molecule has 0 aliphatic carbocycles. The molecule has 0 amide bonds. The molecule has 1 aliphatic heterocycles. The van der Waals surface area contributed by atoms with E-state index >= 15 is 0 Å². The highest BCUT2D eigenvalue weighted by atomic mass is 16.5. The van der Waals surface area contributed by atoms with E-state index in [9.17, 15) is 0 Å². The Morgan fingerprint density at radius 1 is 1.07 bits per heavy atom. The SMILES string of the molecule is COc1ccc(-c2nc(CN3CCCC3c3cccc(OC)c3)no2)cc1. The van der Waals surface area contributed by atoms with Crippen molar-refractivity contribution in [2.45, 2.75) is 25.4 Å². The summed E-state index contributed by atoms with van der Waals surface area (Å²) in [5.74, 6) is 2.93. The molecule has 0 bridgehead atoms. The molecule has 3 aromatic rings. The molecule has 1 aliphatic rings. The topological polar surface area (TPSA) is 60.6 Å². The maximum atomic E-state index is 5.46. The van der Waals surface area contributed by atoms with Crippen molar-refractivity contribution in [1.29, 1.82) is 0 Å². The summed E-state index contributed by atoms with van der Waals surface area (Å²) in [6.07, 6.45) is 2.28. The van der Waals surface area contributed by atoms with Gasteiger partial charge in [0.1, 0.15) is 11.5 Å². The summed E-state index contributed by atoms with van der Waals surface area (Å²) in [6, 6.07) is 16.3. The third-order valence-electron chi connectivity index (χ3n) is 4.99. The molecule has 1 aromatic heterocycles. The van der Waals surface area contributed by atoms with E-state index in [0.717, 1.165) is 36.4 Å². The third-order valence-corrected chi connectivity index (χ3v) is 4.99. The Hall–Kier alpha value is -2.86. The van der Waals surface area contributed by atoms with Crippen molar-refractivity contribution >= 4 is 0 Å². The quantitative estimate of drug-likeness (QED) is 0.656. The van der Waals surface area contributed by atoms with Crippen LogP contribution in [0.5, 0.6) is 11.5 Å². The van der Waals surface area contributed by atoms with Gasteiger partial charge in [-0.3, -0.25) is 4.90 Å². The van der Waals surface area contributed by atoms with Gasteiger partial charge >= 0.3 is 0 Å². The second kappa shape index (κ2) is 7.80. The Kier molecular flexibility index (Phi) is 5.07. The van der Waals surface area contributed by atoms with Crippen molar-refractivity contribution in [3.05, 3.63) is 59.9 Å². The van der Waals surface area contributed by atoms with E-state index < -0.39 is 0 Å². The van der Waals surface area contributed by atoms with E-state index in [2.05, 4.69) is 27.2 Å². The number of nitrogens with zero attached hydrogens (tertiary/aromatic N) is 3. The van der Waals surface area contributed by atoms with Crippen molar-refractivity contribution in [3.63, 3.8) is 0 Å². The molecule has 6 nitrogen and oxygen atoms in total. The molecule has 4 rings (SSSR count). The van der Waals surface area contributed by atoms with Gasteiger partial charge in [0, 0.05) is 11.6 Å². The fourth-order valence-corrected chi connectivity index (χ4v) is 3.59. The summed E-state index contributed by atoms with van der Waals surface area (Å²) in [5.41, 5.74) is 2.16. The van der Waals surface area contributed by atoms with Crippen molar-refractivity contribution < 1.29 is 14.0 Å². The Labute approximate surface area is 158 Å². The summed E-state index contributed by atoms with van der Waals surface area (Å²) in [7, 11) is 3.35. The zero-order valence-electron chi connectivity index (χ0n) is 15.6. The summed E-state index contributed by atoms with van der Waals surface area (Å²) in [5, 5.41) is 4.18. The van der Waals surface area contributed by atoms with Crippen LogP contribution in [0.1, 0.15) is 30.3 Å². The Bertz CT molecular complexity index is 892. The standard InChI is InChI=1S/C21H23N3O3/c1-25-17-10-8-15(9-11-17)21-22-20(23-27-21)14-24-12-4-7-19(24)16-5-3-6-18(13-16)26-2/h3,5-6,8-11,13,19H,4,7,12,14H2,1-2H3. The lowest BCUT2D eigenvalue weighted by Crippen LogP contribution is -2.23. The van der Waals surface area contributed by atoms with Gasteiger partial charge in [-0.15, -0.1) is 0 Å². The van der Waals surface area contributed by atoms with E-state index in [0.29, 0.717) is 24.3 Å². The Balaban J connectivity index is 1.49. The molecular weight excluding hydrogens is 342 g/mol. The van der Waals surface area contributed by atoms with Crippen LogP contribution in [0.4, 0.5) is 0 Å². The molecule has 0 N–H and O–H groups in total. The smallest absolute Gasteiger partial charge is 0.257 e. The molecule has 1 atom stereocenters. The largest absolute Gasteiger partial charge is 0.497 e. The summed E-state index contributed by atoms with van der Waals surface area (Å²) < 4.78 is 16.0. The lowest BCUT2D eigenvalue weighted by molar-refractivity contribution is 0.238. The second-order valence-corrected chi connectivity index (χ2v) is 6.65. The molecule has 1 fully saturated rings. The van der Waals surface area contributed by atoms with Crippen LogP contribution >= 0.6 is 0 Å². The minimum absolute atomic E-state index is 0.350. The van der Waals surface area contributed by atoms with Crippen LogP contribution in [-0.2, 0) is 6.54 Å². The third kappa shape index (κ3) is 3.80. The molecule has 0 saturated carbocycles. The maximum Gasteiger partial charge on any atom is 0.257 e. The van der Waals surface area contributed by atoms with Gasteiger partial charge in [-0.1, -0.05) is 17.3 Å². The van der Waals surface area contributed by atoms with Crippen LogP contribution in [0.2, 0.25) is 0 Å². The van der Waals surface area contributed by atoms with E-state index in [1.807, 2.05) is 36.4 Å². The number of methoxy groups -OCH3 is 2. The average Bonchev–Trinajstić information content (AvgIpc) is 3.38. The highest BCUT2D eigenvalue weighted by Crippen LogP contribution is 2.34. The predicted molar refractivity (Wildman–Crippen MR) is 102 cm³/mol. The van der Waals surface area contributed by atoms with Gasteiger partial charge in [0.15, 0.2) is 5.82 Å². The number of hydrogen-bond acceptors (Lipinski definition) is 6. The molecule has 1 unspecified atom stereocenters. The van der Waals surface area contributed by atoms with Crippen molar-refractivity contribution in [2.24, 2.45) is 0 Å². The van der Waals surface area contributed by atoms with Crippen LogP contribution < -0.4 is 9.47 Å². The van der Waals surface area contributed by atoms with Crippen LogP contribution in [0, 0.1) is 0 Å². The molecule has 27 heavy (non-hydrogen) atoms. The first-order chi connectivity index (χ1) is 13.3. The van der Waals surface area contributed by atoms with E-state index in [-0.39, 0.29) is 0 Å². The molecule has 2 aromatic carbocycles. The first kappa shape index (κ1) is 17.5. The van der Waals surface area contributed by atoms with Gasteiger partial charge in [-0.2, -0.15) is 4.98 Å². The summed E-state index contributed by atoms with van der Waals surface area (Å²) >= 11 is 0. The van der Waals surface area contributed by atoms with E-state index in [1.165, 1.54) is 5.56 Å². The lowest BCUT2D eigenvalue weighted by atomic mass is 10.0. The normalized spacial score (nSPS) is 17.2. The van der Waals surface area contributed by atoms with Crippen molar-refractivity contribution in [2.75, 3.05) is 20.8 Å². The van der Waals surface area contributed by atoms with Crippen LogP contribution in [0.25, 0.3) is 11.5 Å². The van der Waals surface area contributed by atoms with E-state index in [1.54, 1.807) is 14.2 Å². The molecular formula is C21H23N3O3. The fourth-order valence-electron chi connectivity index (χ4n) is 3.59. The second-order valence-electron chi connectivity index (χ2n) is 6.65. The Morgan fingerprint density at radius 3 is 2.67 bits per heavy atom. The lowest BCUT2D eigenvalue weighted by Gasteiger charge is -2.23. The van der Waals surface area contributed by atoms with Gasteiger partial charge < -0.3 is 14.0 Å². The summed E-state index contributed by atoms with van der Waals surface area (Å²) in [6.45, 7) is 1.69. The Morgan fingerprint density at radius 2 is 1.89 bits per heavy atom. The molecule has 2 heterocycles. The molecule has 140 valence electrons. The fraction of sp³-hybridized carbons (Fsp3) is 0.333. The van der Waals surface area contributed by atoms with E-state index in [4.69, 9.17) is 14.0 Å². The molecule has 1 saturated heterocycles. The van der Waals surface area contributed by atoms with Crippen molar-refractivity contribution in [1.82, 2.24) is 15.0 Å². The monoisotopic (exact) mass is 365 g/mol. The van der Waals surface area contributed by atoms with Crippen LogP contribution in [-0.4, -0.2) is 35.8 Å².